The molecular weight excluding hydrogens is 290 g/mol. The number of halogens is 1. The molecule has 0 amide bonds. The van der Waals surface area contributed by atoms with Gasteiger partial charge in [0.2, 0.25) is 0 Å². The topological polar surface area (TPSA) is 43.8 Å². The molecule has 0 fully saturated rings. The number of benzene rings is 1. The van der Waals surface area contributed by atoms with Crippen LogP contribution in [0.2, 0.25) is 0 Å². The Morgan fingerprint density at radius 3 is 3.06 bits per heavy atom. The van der Waals surface area contributed by atoms with Gasteiger partial charge in [0.15, 0.2) is 0 Å². The fraction of sp³-hybridized carbons (Fsp3) is 0.214. The predicted molar refractivity (Wildman–Crippen MR) is 78.2 cm³/mol. The molecule has 4 heteroatoms. The second-order valence-electron chi connectivity index (χ2n) is 4.57. The summed E-state index contributed by atoms with van der Waals surface area (Å²) < 4.78 is 3.17. The monoisotopic (exact) mass is 303 g/mol. The van der Waals surface area contributed by atoms with Crippen molar-refractivity contribution < 1.29 is 0 Å². The summed E-state index contributed by atoms with van der Waals surface area (Å²) in [7, 11) is 0. The van der Waals surface area contributed by atoms with E-state index in [4.69, 9.17) is 5.73 Å². The summed E-state index contributed by atoms with van der Waals surface area (Å²) in [5, 5.41) is 0. The third-order valence-electron chi connectivity index (χ3n) is 3.22. The van der Waals surface area contributed by atoms with Gasteiger partial charge in [-0.05, 0) is 24.5 Å². The van der Waals surface area contributed by atoms with Gasteiger partial charge >= 0.3 is 0 Å². The number of allylic oxidation sites excluding steroid dienone is 4. The normalized spacial score (nSPS) is 18.6. The Balaban J connectivity index is 1.97. The molecule has 0 spiro atoms. The Morgan fingerprint density at radius 2 is 2.28 bits per heavy atom. The average molecular weight is 304 g/mol. The Hall–Kier alpha value is -1.55. The van der Waals surface area contributed by atoms with Crippen molar-refractivity contribution in [2.24, 2.45) is 5.92 Å². The minimum absolute atomic E-state index is 0.535. The Morgan fingerprint density at radius 1 is 1.39 bits per heavy atom. The van der Waals surface area contributed by atoms with Crippen LogP contribution in [0.5, 0.6) is 0 Å². The lowest BCUT2D eigenvalue weighted by Crippen LogP contribution is -2.08. The first-order chi connectivity index (χ1) is 8.74. The highest BCUT2D eigenvalue weighted by Crippen LogP contribution is 2.26. The van der Waals surface area contributed by atoms with Crippen LogP contribution in [0.4, 0.5) is 5.69 Å². The molecule has 92 valence electrons. The zero-order chi connectivity index (χ0) is 12.5. The summed E-state index contributed by atoms with van der Waals surface area (Å²) in [6.07, 6.45) is 11.6. The van der Waals surface area contributed by atoms with E-state index in [2.05, 4.69) is 55.9 Å². The van der Waals surface area contributed by atoms with Crippen molar-refractivity contribution in [2.75, 3.05) is 5.73 Å². The fourth-order valence-electron chi connectivity index (χ4n) is 2.32. The van der Waals surface area contributed by atoms with E-state index >= 15 is 0 Å². The van der Waals surface area contributed by atoms with E-state index in [1.807, 2.05) is 12.4 Å². The number of imidazole rings is 1. The molecule has 2 N–H and O–H groups in total. The van der Waals surface area contributed by atoms with Crippen molar-refractivity contribution in [3.8, 4) is 0 Å². The molecular formula is C14H14BrN3. The number of nitrogen functional groups attached to an aromatic ring is 1. The maximum absolute atomic E-state index is 5.97. The van der Waals surface area contributed by atoms with E-state index in [9.17, 15) is 0 Å². The van der Waals surface area contributed by atoms with Crippen molar-refractivity contribution in [1.82, 2.24) is 9.55 Å². The standard InChI is InChI=1S/C14H14BrN3/c15-11-6-12(16)14-13(7-11)18(9-17-14)8-10-4-2-1-3-5-10/h1-4,6-7,9-10H,5,8,16H2. The highest BCUT2D eigenvalue weighted by atomic mass is 79.9. The molecule has 1 unspecified atom stereocenters. The summed E-state index contributed by atoms with van der Waals surface area (Å²) in [4.78, 5) is 4.40. The molecule has 1 aromatic heterocycles. The van der Waals surface area contributed by atoms with Gasteiger partial charge in [-0.2, -0.15) is 0 Å². The Bertz CT molecular complexity index is 640. The number of hydrogen-bond acceptors (Lipinski definition) is 2. The quantitative estimate of drug-likeness (QED) is 0.863. The van der Waals surface area contributed by atoms with Crippen LogP contribution in [0.25, 0.3) is 11.0 Å². The van der Waals surface area contributed by atoms with Crippen LogP contribution < -0.4 is 5.73 Å². The molecule has 1 aliphatic rings. The van der Waals surface area contributed by atoms with Gasteiger partial charge < -0.3 is 10.3 Å². The maximum Gasteiger partial charge on any atom is 0.111 e. The summed E-state index contributed by atoms with van der Waals surface area (Å²) in [5.41, 5.74) is 8.66. The predicted octanol–water partition coefficient (Wildman–Crippen LogP) is 3.51. The number of aromatic nitrogens is 2. The second-order valence-corrected chi connectivity index (χ2v) is 5.48. The zero-order valence-corrected chi connectivity index (χ0v) is 11.5. The third kappa shape index (κ3) is 2.08. The lowest BCUT2D eigenvalue weighted by molar-refractivity contribution is 0.541. The highest BCUT2D eigenvalue weighted by Gasteiger charge is 2.11. The molecule has 1 aliphatic carbocycles. The zero-order valence-electron chi connectivity index (χ0n) is 9.88. The minimum Gasteiger partial charge on any atom is -0.397 e. The van der Waals surface area contributed by atoms with E-state index in [1.54, 1.807) is 0 Å². The van der Waals surface area contributed by atoms with Crippen LogP contribution in [-0.2, 0) is 6.54 Å². The van der Waals surface area contributed by atoms with Crippen LogP contribution in [0.15, 0.2) is 47.2 Å². The molecule has 0 saturated heterocycles. The van der Waals surface area contributed by atoms with Gasteiger partial charge in [-0.1, -0.05) is 40.2 Å². The second kappa shape index (κ2) is 4.61. The van der Waals surface area contributed by atoms with Crippen LogP contribution in [0.3, 0.4) is 0 Å². The van der Waals surface area contributed by atoms with E-state index in [-0.39, 0.29) is 0 Å². The van der Waals surface area contributed by atoms with Crippen molar-refractivity contribution in [3.63, 3.8) is 0 Å². The lowest BCUT2D eigenvalue weighted by atomic mass is 10.0. The maximum atomic E-state index is 5.97. The van der Waals surface area contributed by atoms with E-state index in [0.29, 0.717) is 5.92 Å². The molecule has 0 saturated carbocycles. The smallest absolute Gasteiger partial charge is 0.111 e. The highest BCUT2D eigenvalue weighted by molar-refractivity contribution is 9.10. The summed E-state index contributed by atoms with van der Waals surface area (Å²) in [5.74, 6) is 0.535. The molecule has 0 bridgehead atoms. The van der Waals surface area contributed by atoms with E-state index < -0.39 is 0 Å². The van der Waals surface area contributed by atoms with Gasteiger partial charge in [-0.25, -0.2) is 4.98 Å². The van der Waals surface area contributed by atoms with Gasteiger partial charge in [0.05, 0.1) is 17.5 Å². The number of nitrogens with zero attached hydrogens (tertiary/aromatic N) is 2. The number of fused-ring (bicyclic) bond motifs is 1. The molecule has 0 aliphatic heterocycles. The molecule has 18 heavy (non-hydrogen) atoms. The summed E-state index contributed by atoms with van der Waals surface area (Å²) in [6, 6.07) is 3.96. The molecule has 2 aromatic rings. The van der Waals surface area contributed by atoms with Gasteiger partial charge in [-0.15, -0.1) is 0 Å². The van der Waals surface area contributed by atoms with Crippen LogP contribution in [-0.4, -0.2) is 9.55 Å². The van der Waals surface area contributed by atoms with Crippen molar-refractivity contribution >= 4 is 32.7 Å². The Labute approximate surface area is 114 Å². The van der Waals surface area contributed by atoms with Crippen LogP contribution >= 0.6 is 15.9 Å². The number of rotatable bonds is 2. The number of anilines is 1. The fourth-order valence-corrected chi connectivity index (χ4v) is 2.78. The first-order valence-corrected chi connectivity index (χ1v) is 6.76. The van der Waals surface area contributed by atoms with E-state index in [0.717, 1.165) is 34.2 Å². The number of hydrogen-bond donors (Lipinski definition) is 1. The molecule has 3 rings (SSSR count). The van der Waals surface area contributed by atoms with Gasteiger partial charge in [0.1, 0.15) is 5.52 Å². The average Bonchev–Trinajstić information content (AvgIpc) is 2.74. The van der Waals surface area contributed by atoms with E-state index in [1.165, 1.54) is 0 Å². The summed E-state index contributed by atoms with van der Waals surface area (Å²) in [6.45, 7) is 0.938. The van der Waals surface area contributed by atoms with Crippen molar-refractivity contribution in [2.45, 2.75) is 13.0 Å². The van der Waals surface area contributed by atoms with Crippen molar-refractivity contribution in [1.29, 1.82) is 0 Å². The number of nitrogens with two attached hydrogens (primary N) is 1. The van der Waals surface area contributed by atoms with Crippen LogP contribution in [0, 0.1) is 5.92 Å². The minimum atomic E-state index is 0.535. The van der Waals surface area contributed by atoms with Gasteiger partial charge in [-0.3, -0.25) is 0 Å². The first-order valence-electron chi connectivity index (χ1n) is 5.97. The molecule has 0 radical (unpaired) electrons. The molecule has 1 atom stereocenters. The van der Waals surface area contributed by atoms with Gasteiger partial charge in [0, 0.05) is 11.0 Å². The van der Waals surface area contributed by atoms with Crippen molar-refractivity contribution in [3.05, 3.63) is 47.2 Å². The molecule has 1 aromatic carbocycles. The summed E-state index contributed by atoms with van der Waals surface area (Å²) >= 11 is 3.48. The largest absolute Gasteiger partial charge is 0.397 e. The SMILES string of the molecule is Nc1cc(Br)cc2c1ncn2CC1C=CC=CC1. The molecule has 3 nitrogen and oxygen atoms in total. The lowest BCUT2D eigenvalue weighted by Gasteiger charge is -2.14. The first kappa shape index (κ1) is 11.5. The Kier molecular flexibility index (Phi) is 2.96. The van der Waals surface area contributed by atoms with Gasteiger partial charge in [0.25, 0.3) is 0 Å². The third-order valence-corrected chi connectivity index (χ3v) is 3.68. The van der Waals surface area contributed by atoms with Crippen LogP contribution in [0.1, 0.15) is 6.42 Å². The molecule has 1 heterocycles.